The third-order valence-electron chi connectivity index (χ3n) is 4.05. The van der Waals surface area contributed by atoms with Gasteiger partial charge in [-0.25, -0.2) is 9.97 Å². The van der Waals surface area contributed by atoms with Crippen molar-refractivity contribution in [3.63, 3.8) is 0 Å². The van der Waals surface area contributed by atoms with Gasteiger partial charge in [-0.3, -0.25) is 4.68 Å². The van der Waals surface area contributed by atoms with Gasteiger partial charge in [-0.2, -0.15) is 5.10 Å². The van der Waals surface area contributed by atoms with Gasteiger partial charge in [0.2, 0.25) is 0 Å². The first-order chi connectivity index (χ1) is 10.8. The highest BCUT2D eigenvalue weighted by molar-refractivity contribution is 5.86. The second-order valence-corrected chi connectivity index (χ2v) is 5.42. The summed E-state index contributed by atoms with van der Waals surface area (Å²) in [6.45, 7) is 2.29. The lowest BCUT2D eigenvalue weighted by Crippen LogP contribution is -2.39. The Morgan fingerprint density at radius 3 is 2.91 bits per heavy atom. The molecule has 1 atom stereocenters. The van der Waals surface area contributed by atoms with Gasteiger partial charge in [-0.05, 0) is 5.56 Å². The average molecular weight is 295 g/mol. The standard InChI is InChI=1S/C16H17N5O/c1-20-15-13(9-19-20)16(18-11-17-15)21-7-8-22-14(10-21)12-5-3-2-4-6-12/h2-6,9,11,14H,7-8,10H2,1H3/t14-/m1/s1. The molecular weight excluding hydrogens is 278 g/mol. The Morgan fingerprint density at radius 2 is 2.05 bits per heavy atom. The van der Waals surface area contributed by atoms with Crippen LogP contribution in [0.5, 0.6) is 0 Å². The van der Waals surface area contributed by atoms with Crippen molar-refractivity contribution in [1.29, 1.82) is 0 Å². The minimum Gasteiger partial charge on any atom is -0.370 e. The molecule has 0 spiro atoms. The second-order valence-electron chi connectivity index (χ2n) is 5.42. The minimum atomic E-state index is 0.0663. The van der Waals surface area contributed by atoms with Crippen molar-refractivity contribution in [2.24, 2.45) is 7.05 Å². The van der Waals surface area contributed by atoms with Gasteiger partial charge in [0.15, 0.2) is 5.65 Å². The van der Waals surface area contributed by atoms with Crippen molar-refractivity contribution in [2.45, 2.75) is 6.10 Å². The van der Waals surface area contributed by atoms with E-state index in [-0.39, 0.29) is 6.10 Å². The second kappa shape index (κ2) is 5.38. The van der Waals surface area contributed by atoms with E-state index in [1.165, 1.54) is 5.56 Å². The van der Waals surface area contributed by atoms with E-state index in [0.717, 1.165) is 29.9 Å². The molecule has 0 amide bonds. The molecule has 1 saturated heterocycles. The summed E-state index contributed by atoms with van der Waals surface area (Å²) in [6.07, 6.45) is 3.50. The van der Waals surface area contributed by atoms with E-state index in [9.17, 15) is 0 Å². The molecule has 3 aromatic rings. The SMILES string of the molecule is Cn1ncc2c(N3CCO[C@@H](c4ccccc4)C3)ncnc21. The fraction of sp³-hybridized carbons (Fsp3) is 0.312. The molecule has 0 saturated carbocycles. The number of nitrogens with zero attached hydrogens (tertiary/aromatic N) is 5. The van der Waals surface area contributed by atoms with Crippen LogP contribution in [0.1, 0.15) is 11.7 Å². The highest BCUT2D eigenvalue weighted by Crippen LogP contribution is 2.28. The molecule has 1 aliphatic heterocycles. The van der Waals surface area contributed by atoms with Gasteiger partial charge in [0.25, 0.3) is 0 Å². The van der Waals surface area contributed by atoms with Gasteiger partial charge < -0.3 is 9.64 Å². The van der Waals surface area contributed by atoms with Gasteiger partial charge in [-0.15, -0.1) is 0 Å². The summed E-state index contributed by atoms with van der Waals surface area (Å²) < 4.78 is 7.70. The van der Waals surface area contributed by atoms with Crippen LogP contribution < -0.4 is 4.90 Å². The molecule has 1 aromatic carbocycles. The lowest BCUT2D eigenvalue weighted by Gasteiger charge is -2.34. The van der Waals surface area contributed by atoms with Crippen molar-refractivity contribution in [3.05, 3.63) is 48.4 Å². The molecule has 2 aromatic heterocycles. The predicted octanol–water partition coefficient (Wildman–Crippen LogP) is 1.94. The number of hydrogen-bond acceptors (Lipinski definition) is 5. The largest absolute Gasteiger partial charge is 0.370 e. The zero-order chi connectivity index (χ0) is 14.9. The van der Waals surface area contributed by atoms with E-state index in [0.29, 0.717) is 6.61 Å². The topological polar surface area (TPSA) is 56.1 Å². The summed E-state index contributed by atoms with van der Waals surface area (Å²) in [7, 11) is 1.89. The summed E-state index contributed by atoms with van der Waals surface area (Å²) in [4.78, 5) is 11.0. The van der Waals surface area contributed by atoms with Crippen LogP contribution in [-0.4, -0.2) is 39.4 Å². The summed E-state index contributed by atoms with van der Waals surface area (Å²) in [5.41, 5.74) is 2.05. The Morgan fingerprint density at radius 1 is 1.18 bits per heavy atom. The number of anilines is 1. The van der Waals surface area contributed by atoms with Crippen LogP contribution in [0.3, 0.4) is 0 Å². The fourth-order valence-electron chi connectivity index (χ4n) is 2.91. The first-order valence-electron chi connectivity index (χ1n) is 7.37. The molecule has 22 heavy (non-hydrogen) atoms. The minimum absolute atomic E-state index is 0.0663. The summed E-state index contributed by atoms with van der Waals surface area (Å²) in [5.74, 6) is 0.933. The zero-order valence-electron chi connectivity index (χ0n) is 12.4. The summed E-state index contributed by atoms with van der Waals surface area (Å²) >= 11 is 0. The highest BCUT2D eigenvalue weighted by atomic mass is 16.5. The number of ether oxygens (including phenoxy) is 1. The van der Waals surface area contributed by atoms with E-state index in [1.54, 1.807) is 11.0 Å². The Labute approximate surface area is 128 Å². The molecule has 4 rings (SSSR count). The van der Waals surface area contributed by atoms with Crippen molar-refractivity contribution in [1.82, 2.24) is 19.7 Å². The van der Waals surface area contributed by atoms with Gasteiger partial charge in [0, 0.05) is 20.1 Å². The Hall–Kier alpha value is -2.47. The van der Waals surface area contributed by atoms with E-state index < -0.39 is 0 Å². The quantitative estimate of drug-likeness (QED) is 0.723. The summed E-state index contributed by atoms with van der Waals surface area (Å²) in [6, 6.07) is 10.3. The molecule has 0 aliphatic carbocycles. The Balaban J connectivity index is 1.67. The number of benzene rings is 1. The number of morpholine rings is 1. The number of aryl methyl sites for hydroxylation is 1. The molecule has 6 heteroatoms. The zero-order valence-corrected chi connectivity index (χ0v) is 12.4. The summed E-state index contributed by atoms with van der Waals surface area (Å²) in [5, 5.41) is 5.27. The maximum absolute atomic E-state index is 5.93. The number of aromatic nitrogens is 4. The molecule has 112 valence electrons. The molecule has 0 unspecified atom stereocenters. The lowest BCUT2D eigenvalue weighted by molar-refractivity contribution is 0.0396. The van der Waals surface area contributed by atoms with Gasteiger partial charge in [0.05, 0.1) is 18.2 Å². The third kappa shape index (κ3) is 2.21. The molecule has 6 nitrogen and oxygen atoms in total. The fourth-order valence-corrected chi connectivity index (χ4v) is 2.91. The Bertz CT molecular complexity index is 786. The lowest BCUT2D eigenvalue weighted by atomic mass is 10.1. The maximum atomic E-state index is 5.93. The van der Waals surface area contributed by atoms with Crippen LogP contribution in [0.25, 0.3) is 11.0 Å². The normalized spacial score (nSPS) is 18.8. The molecule has 1 aliphatic rings. The smallest absolute Gasteiger partial charge is 0.163 e. The first kappa shape index (κ1) is 13.2. The Kier molecular flexibility index (Phi) is 3.23. The van der Waals surface area contributed by atoms with E-state index in [4.69, 9.17) is 4.74 Å². The molecule has 0 radical (unpaired) electrons. The van der Waals surface area contributed by atoms with Gasteiger partial charge in [0.1, 0.15) is 18.2 Å². The molecule has 3 heterocycles. The highest BCUT2D eigenvalue weighted by Gasteiger charge is 2.24. The van der Waals surface area contributed by atoms with Crippen LogP contribution in [-0.2, 0) is 11.8 Å². The van der Waals surface area contributed by atoms with Crippen LogP contribution in [0, 0.1) is 0 Å². The number of rotatable bonds is 2. The van der Waals surface area contributed by atoms with Gasteiger partial charge >= 0.3 is 0 Å². The van der Waals surface area contributed by atoms with Crippen molar-refractivity contribution in [3.8, 4) is 0 Å². The number of hydrogen-bond donors (Lipinski definition) is 0. The third-order valence-corrected chi connectivity index (χ3v) is 4.05. The van der Waals surface area contributed by atoms with E-state index >= 15 is 0 Å². The molecule has 0 N–H and O–H groups in total. The average Bonchev–Trinajstić information content (AvgIpc) is 2.97. The van der Waals surface area contributed by atoms with Crippen LogP contribution >= 0.6 is 0 Å². The van der Waals surface area contributed by atoms with Crippen LogP contribution in [0.15, 0.2) is 42.9 Å². The van der Waals surface area contributed by atoms with Crippen LogP contribution in [0.2, 0.25) is 0 Å². The molecular formula is C16H17N5O. The number of fused-ring (bicyclic) bond motifs is 1. The van der Waals surface area contributed by atoms with Crippen molar-refractivity contribution in [2.75, 3.05) is 24.6 Å². The van der Waals surface area contributed by atoms with E-state index in [2.05, 4.69) is 32.1 Å². The monoisotopic (exact) mass is 295 g/mol. The van der Waals surface area contributed by atoms with Crippen molar-refractivity contribution >= 4 is 16.9 Å². The van der Waals surface area contributed by atoms with Gasteiger partial charge in [-0.1, -0.05) is 30.3 Å². The predicted molar refractivity (Wildman–Crippen MR) is 83.7 cm³/mol. The van der Waals surface area contributed by atoms with E-state index in [1.807, 2.05) is 31.4 Å². The first-order valence-corrected chi connectivity index (χ1v) is 7.37. The maximum Gasteiger partial charge on any atom is 0.163 e. The molecule has 1 fully saturated rings. The van der Waals surface area contributed by atoms with Crippen molar-refractivity contribution < 1.29 is 4.74 Å². The van der Waals surface area contributed by atoms with Crippen LogP contribution in [0.4, 0.5) is 5.82 Å². The molecule has 0 bridgehead atoms.